The number of hydrogen-bond donors (Lipinski definition) is 1. The summed E-state index contributed by atoms with van der Waals surface area (Å²) in [6.07, 6.45) is 5.84. The van der Waals surface area contributed by atoms with Gasteiger partial charge >= 0.3 is 0 Å². The van der Waals surface area contributed by atoms with E-state index in [0.29, 0.717) is 72.2 Å². The maximum Gasteiger partial charge on any atom is 0.157 e. The van der Waals surface area contributed by atoms with Crippen LogP contribution in [0.5, 0.6) is 0 Å². The highest BCUT2D eigenvalue weighted by Crippen LogP contribution is 2.13. The minimum absolute atomic E-state index is 0.0447. The van der Waals surface area contributed by atoms with E-state index in [1.165, 1.54) is 6.42 Å². The van der Waals surface area contributed by atoms with E-state index in [1.54, 1.807) is 0 Å². The Morgan fingerprint density at radius 2 is 1.14 bits per heavy atom. The van der Waals surface area contributed by atoms with Gasteiger partial charge < -0.3 is 38.5 Å². The van der Waals surface area contributed by atoms with E-state index in [-0.39, 0.29) is 6.29 Å². The molecule has 0 aromatic carbocycles. The summed E-state index contributed by atoms with van der Waals surface area (Å²) in [5.41, 5.74) is 0. The van der Waals surface area contributed by atoms with Crippen LogP contribution in [0.4, 0.5) is 0 Å². The van der Waals surface area contributed by atoms with Gasteiger partial charge in [0.15, 0.2) is 6.29 Å². The summed E-state index contributed by atoms with van der Waals surface area (Å²) in [5, 5.41) is 3.33. The second-order valence-corrected chi connectivity index (χ2v) is 6.94. The van der Waals surface area contributed by atoms with Crippen LogP contribution < -0.4 is 5.32 Å². The van der Waals surface area contributed by atoms with Crippen LogP contribution in [-0.2, 0) is 33.2 Å². The zero-order chi connectivity index (χ0) is 19.5. The molecule has 0 saturated carbocycles. The average molecular weight is 406 g/mol. The molecule has 2 saturated heterocycles. The molecule has 8 nitrogen and oxygen atoms in total. The van der Waals surface area contributed by atoms with Gasteiger partial charge in [-0.25, -0.2) is 0 Å². The molecule has 0 aromatic rings. The van der Waals surface area contributed by atoms with Crippen LogP contribution in [0.2, 0.25) is 0 Å². The Hall–Kier alpha value is -0.320. The molecule has 2 aliphatic rings. The fourth-order valence-electron chi connectivity index (χ4n) is 3.08. The second kappa shape index (κ2) is 17.5. The molecule has 0 amide bonds. The summed E-state index contributed by atoms with van der Waals surface area (Å²) >= 11 is 0. The molecule has 2 fully saturated rings. The van der Waals surface area contributed by atoms with E-state index in [9.17, 15) is 0 Å². The van der Waals surface area contributed by atoms with Crippen molar-refractivity contribution in [2.75, 3.05) is 85.8 Å². The molecule has 2 rings (SSSR count). The topological polar surface area (TPSA) is 76.6 Å². The van der Waals surface area contributed by atoms with Crippen molar-refractivity contribution in [2.24, 2.45) is 0 Å². The Kier molecular flexibility index (Phi) is 15.0. The quantitative estimate of drug-likeness (QED) is 0.364. The third-order valence-corrected chi connectivity index (χ3v) is 4.65. The monoisotopic (exact) mass is 405 g/mol. The number of rotatable bonds is 17. The molecule has 28 heavy (non-hydrogen) atoms. The van der Waals surface area contributed by atoms with Crippen molar-refractivity contribution in [3.63, 3.8) is 0 Å². The van der Waals surface area contributed by atoms with E-state index in [2.05, 4.69) is 5.32 Å². The Bertz CT molecular complexity index is 305. The SMILES string of the molecule is C1CCC(OCCOCCOCCOCCOCCOC2CCNCC2)OC1. The molecule has 2 aliphatic heterocycles. The Labute approximate surface area is 169 Å². The van der Waals surface area contributed by atoms with E-state index >= 15 is 0 Å². The third kappa shape index (κ3) is 13.0. The molecule has 0 bridgehead atoms. The maximum absolute atomic E-state index is 5.77. The summed E-state index contributed by atoms with van der Waals surface area (Å²) in [6.45, 7) is 8.75. The van der Waals surface area contributed by atoms with E-state index in [0.717, 1.165) is 45.4 Å². The highest BCUT2D eigenvalue weighted by atomic mass is 16.7. The van der Waals surface area contributed by atoms with E-state index in [1.807, 2.05) is 0 Å². The van der Waals surface area contributed by atoms with Crippen molar-refractivity contribution in [3.8, 4) is 0 Å². The highest BCUT2D eigenvalue weighted by Gasteiger charge is 2.13. The molecule has 2 heterocycles. The zero-order valence-electron chi connectivity index (χ0n) is 17.2. The Morgan fingerprint density at radius 1 is 0.607 bits per heavy atom. The minimum atomic E-state index is -0.0447. The van der Waals surface area contributed by atoms with Gasteiger partial charge in [0.05, 0.1) is 72.2 Å². The first kappa shape index (κ1) is 24.0. The molecule has 0 radical (unpaired) electrons. The standard InChI is InChI=1S/C20H39NO7/c1-2-8-27-20(3-1)28-18-16-25-14-12-23-10-9-22-11-13-24-15-17-26-19-4-6-21-7-5-19/h19-21H,1-18H2. The maximum atomic E-state index is 5.77. The summed E-state index contributed by atoms with van der Waals surface area (Å²) in [6, 6.07) is 0. The first-order valence-electron chi connectivity index (χ1n) is 10.8. The lowest BCUT2D eigenvalue weighted by Crippen LogP contribution is -2.33. The van der Waals surface area contributed by atoms with Crippen molar-refractivity contribution < 1.29 is 33.2 Å². The molecule has 0 aliphatic carbocycles. The number of hydrogen-bond acceptors (Lipinski definition) is 8. The second-order valence-electron chi connectivity index (χ2n) is 6.94. The van der Waals surface area contributed by atoms with Crippen LogP contribution in [0.3, 0.4) is 0 Å². The smallest absolute Gasteiger partial charge is 0.157 e. The third-order valence-electron chi connectivity index (χ3n) is 4.65. The summed E-state index contributed by atoms with van der Waals surface area (Å²) < 4.78 is 38.8. The van der Waals surface area contributed by atoms with Crippen molar-refractivity contribution in [3.05, 3.63) is 0 Å². The lowest BCUT2D eigenvalue weighted by Gasteiger charge is -2.22. The van der Waals surface area contributed by atoms with Gasteiger partial charge in [-0.3, -0.25) is 0 Å². The summed E-state index contributed by atoms with van der Waals surface area (Å²) in [4.78, 5) is 0. The molecule has 1 unspecified atom stereocenters. The van der Waals surface area contributed by atoms with Crippen LogP contribution in [0, 0.1) is 0 Å². The normalized spacial score (nSPS) is 21.2. The molecular weight excluding hydrogens is 366 g/mol. The van der Waals surface area contributed by atoms with Gasteiger partial charge in [-0.2, -0.15) is 0 Å². The fourth-order valence-corrected chi connectivity index (χ4v) is 3.08. The molecule has 1 atom stereocenters. The molecule has 0 spiro atoms. The lowest BCUT2D eigenvalue weighted by atomic mass is 10.1. The van der Waals surface area contributed by atoms with Crippen LogP contribution in [-0.4, -0.2) is 98.2 Å². The van der Waals surface area contributed by atoms with Crippen molar-refractivity contribution >= 4 is 0 Å². The van der Waals surface area contributed by atoms with Gasteiger partial charge in [0.1, 0.15) is 0 Å². The van der Waals surface area contributed by atoms with Crippen LogP contribution in [0.15, 0.2) is 0 Å². The number of nitrogens with one attached hydrogen (secondary N) is 1. The number of ether oxygens (including phenoxy) is 7. The van der Waals surface area contributed by atoms with Crippen molar-refractivity contribution in [1.82, 2.24) is 5.32 Å². The van der Waals surface area contributed by atoms with Crippen molar-refractivity contribution in [1.29, 1.82) is 0 Å². The number of piperidine rings is 1. The van der Waals surface area contributed by atoms with Gasteiger partial charge in [-0.1, -0.05) is 0 Å². The van der Waals surface area contributed by atoms with Crippen LogP contribution in [0.1, 0.15) is 32.1 Å². The van der Waals surface area contributed by atoms with Gasteiger partial charge in [0.25, 0.3) is 0 Å². The summed E-state index contributed by atoms with van der Waals surface area (Å²) in [5.74, 6) is 0. The Morgan fingerprint density at radius 3 is 1.68 bits per heavy atom. The van der Waals surface area contributed by atoms with E-state index in [4.69, 9.17) is 33.2 Å². The predicted molar refractivity (Wildman–Crippen MR) is 105 cm³/mol. The van der Waals surface area contributed by atoms with Crippen LogP contribution >= 0.6 is 0 Å². The molecule has 8 heteroatoms. The van der Waals surface area contributed by atoms with Gasteiger partial charge in [-0.05, 0) is 45.2 Å². The van der Waals surface area contributed by atoms with Gasteiger partial charge in [0.2, 0.25) is 0 Å². The molecule has 166 valence electrons. The summed E-state index contributed by atoms with van der Waals surface area (Å²) in [7, 11) is 0. The first-order chi connectivity index (χ1) is 13.9. The highest BCUT2D eigenvalue weighted by molar-refractivity contribution is 4.67. The van der Waals surface area contributed by atoms with Gasteiger partial charge in [0, 0.05) is 6.61 Å². The zero-order valence-corrected chi connectivity index (χ0v) is 17.2. The van der Waals surface area contributed by atoms with Crippen molar-refractivity contribution in [2.45, 2.75) is 44.5 Å². The lowest BCUT2D eigenvalue weighted by molar-refractivity contribution is -0.169. The molecular formula is C20H39NO7. The first-order valence-corrected chi connectivity index (χ1v) is 10.8. The Balaban J connectivity index is 1.20. The largest absolute Gasteiger partial charge is 0.377 e. The van der Waals surface area contributed by atoms with Crippen LogP contribution in [0.25, 0.3) is 0 Å². The van der Waals surface area contributed by atoms with Gasteiger partial charge in [-0.15, -0.1) is 0 Å². The molecule has 0 aromatic heterocycles. The van der Waals surface area contributed by atoms with E-state index < -0.39 is 0 Å². The molecule has 1 N–H and O–H groups in total. The average Bonchev–Trinajstić information content (AvgIpc) is 2.75. The fraction of sp³-hybridized carbons (Fsp3) is 1.00. The minimum Gasteiger partial charge on any atom is -0.377 e. The predicted octanol–water partition coefficient (Wildman–Crippen LogP) is 1.36.